The van der Waals surface area contributed by atoms with Gasteiger partial charge in [-0.3, -0.25) is 9.59 Å². The van der Waals surface area contributed by atoms with Gasteiger partial charge in [-0.2, -0.15) is 4.31 Å². The summed E-state index contributed by atoms with van der Waals surface area (Å²) < 4.78 is 26.8. The predicted molar refractivity (Wildman–Crippen MR) is 107 cm³/mol. The summed E-state index contributed by atoms with van der Waals surface area (Å²) in [5.74, 6) is -0.415. The summed E-state index contributed by atoms with van der Waals surface area (Å²) in [4.78, 5) is 25.7. The van der Waals surface area contributed by atoms with Gasteiger partial charge in [0.2, 0.25) is 15.9 Å². The van der Waals surface area contributed by atoms with Crippen LogP contribution in [0.25, 0.3) is 0 Å². The molecule has 0 atom stereocenters. The van der Waals surface area contributed by atoms with E-state index in [9.17, 15) is 18.0 Å². The van der Waals surface area contributed by atoms with E-state index in [-0.39, 0.29) is 42.9 Å². The molecule has 1 aliphatic heterocycles. The predicted octanol–water partition coefficient (Wildman–Crippen LogP) is 2.45. The largest absolute Gasteiger partial charge is 0.336 e. The average Bonchev–Trinajstić information content (AvgIpc) is 2.67. The first-order chi connectivity index (χ1) is 13.3. The standard InChI is InChI=1S/C19H20ClN3O4S/c1-14(24)21-17-4-2-3-15(13-17)19(25)22-9-11-23(12-10-22)28(26,27)18-7-5-16(20)6-8-18/h2-8,13H,9-12H2,1H3,(H,21,24). The highest BCUT2D eigenvalue weighted by Crippen LogP contribution is 2.21. The maximum atomic E-state index is 12.7. The zero-order chi connectivity index (χ0) is 20.3. The lowest BCUT2D eigenvalue weighted by Crippen LogP contribution is -2.50. The molecule has 7 nitrogen and oxygen atoms in total. The van der Waals surface area contributed by atoms with Gasteiger partial charge in [0.05, 0.1) is 4.90 Å². The Morgan fingerprint density at radius 3 is 2.25 bits per heavy atom. The molecule has 2 aromatic carbocycles. The molecule has 2 amide bonds. The van der Waals surface area contributed by atoms with E-state index < -0.39 is 10.0 Å². The van der Waals surface area contributed by atoms with Crippen molar-refractivity contribution in [1.82, 2.24) is 9.21 Å². The number of piperazine rings is 1. The van der Waals surface area contributed by atoms with Crippen molar-refractivity contribution in [2.45, 2.75) is 11.8 Å². The van der Waals surface area contributed by atoms with Crippen molar-refractivity contribution in [3.05, 3.63) is 59.1 Å². The molecule has 1 fully saturated rings. The van der Waals surface area contributed by atoms with Crippen molar-refractivity contribution >= 4 is 39.1 Å². The number of carbonyl (C=O) groups is 2. The third-order valence-corrected chi connectivity index (χ3v) is 6.57. The minimum absolute atomic E-state index is 0.180. The third kappa shape index (κ3) is 4.52. The Bertz CT molecular complexity index is 984. The second kappa shape index (κ2) is 8.30. The first-order valence-electron chi connectivity index (χ1n) is 8.70. The maximum Gasteiger partial charge on any atom is 0.254 e. The van der Waals surface area contributed by atoms with E-state index in [1.807, 2.05) is 0 Å². The molecule has 0 aliphatic carbocycles. The van der Waals surface area contributed by atoms with Crippen molar-refractivity contribution in [1.29, 1.82) is 0 Å². The Kier molecular flexibility index (Phi) is 6.02. The summed E-state index contributed by atoms with van der Waals surface area (Å²) in [6.45, 7) is 2.39. The number of sulfonamides is 1. The fourth-order valence-corrected chi connectivity index (χ4v) is 4.55. The minimum Gasteiger partial charge on any atom is -0.336 e. The Hall–Kier alpha value is -2.42. The van der Waals surface area contributed by atoms with E-state index in [2.05, 4.69) is 5.32 Å². The van der Waals surface area contributed by atoms with Gasteiger partial charge in [-0.1, -0.05) is 17.7 Å². The van der Waals surface area contributed by atoms with Crippen LogP contribution in [0.15, 0.2) is 53.4 Å². The number of halogens is 1. The van der Waals surface area contributed by atoms with Gasteiger partial charge in [0.1, 0.15) is 0 Å². The molecule has 0 radical (unpaired) electrons. The second-order valence-corrected chi connectivity index (χ2v) is 8.79. The van der Waals surface area contributed by atoms with Gasteiger partial charge in [-0.15, -0.1) is 0 Å². The van der Waals surface area contributed by atoms with Gasteiger partial charge in [0.15, 0.2) is 0 Å². The van der Waals surface area contributed by atoms with Crippen LogP contribution >= 0.6 is 11.6 Å². The number of rotatable bonds is 4. The highest BCUT2D eigenvalue weighted by molar-refractivity contribution is 7.89. The summed E-state index contributed by atoms with van der Waals surface area (Å²) >= 11 is 5.82. The number of hydrogen-bond acceptors (Lipinski definition) is 4. The number of amides is 2. The first-order valence-corrected chi connectivity index (χ1v) is 10.5. The quantitative estimate of drug-likeness (QED) is 0.821. The van der Waals surface area contributed by atoms with Crippen molar-refractivity contribution in [3.63, 3.8) is 0 Å². The van der Waals surface area contributed by atoms with Gasteiger partial charge in [-0.05, 0) is 42.5 Å². The Labute approximate surface area is 168 Å². The number of anilines is 1. The highest BCUT2D eigenvalue weighted by atomic mass is 35.5. The molecule has 0 unspecified atom stereocenters. The van der Waals surface area contributed by atoms with E-state index in [1.165, 1.54) is 35.5 Å². The van der Waals surface area contributed by atoms with Gasteiger partial charge in [0.25, 0.3) is 5.91 Å². The number of nitrogens with one attached hydrogen (secondary N) is 1. The van der Waals surface area contributed by atoms with Crippen LogP contribution in [0.4, 0.5) is 5.69 Å². The SMILES string of the molecule is CC(=O)Nc1cccc(C(=O)N2CCN(S(=O)(=O)c3ccc(Cl)cc3)CC2)c1. The average molecular weight is 422 g/mol. The van der Waals surface area contributed by atoms with Crippen molar-refractivity contribution in [2.24, 2.45) is 0 Å². The first kappa shape index (κ1) is 20.3. The molecule has 0 aromatic heterocycles. The van der Waals surface area contributed by atoms with Crippen LogP contribution in [0.5, 0.6) is 0 Å². The van der Waals surface area contributed by atoms with E-state index >= 15 is 0 Å². The number of benzene rings is 2. The number of carbonyl (C=O) groups excluding carboxylic acids is 2. The number of nitrogens with zero attached hydrogens (tertiary/aromatic N) is 2. The molecule has 2 aromatic rings. The molecule has 3 rings (SSSR count). The maximum absolute atomic E-state index is 12.7. The van der Waals surface area contributed by atoms with Crippen LogP contribution in [0.1, 0.15) is 17.3 Å². The van der Waals surface area contributed by atoms with E-state index in [0.29, 0.717) is 16.3 Å². The Morgan fingerprint density at radius 2 is 1.64 bits per heavy atom. The third-order valence-electron chi connectivity index (χ3n) is 4.41. The van der Waals surface area contributed by atoms with Gasteiger partial charge < -0.3 is 10.2 Å². The van der Waals surface area contributed by atoms with Crippen LogP contribution in [-0.2, 0) is 14.8 Å². The van der Waals surface area contributed by atoms with Crippen molar-refractivity contribution in [3.8, 4) is 0 Å². The Morgan fingerprint density at radius 1 is 1.00 bits per heavy atom. The molecule has 0 spiro atoms. The smallest absolute Gasteiger partial charge is 0.254 e. The molecule has 0 saturated carbocycles. The molecule has 0 bridgehead atoms. The fraction of sp³-hybridized carbons (Fsp3) is 0.263. The van der Waals surface area contributed by atoms with E-state index in [1.54, 1.807) is 29.2 Å². The molecular weight excluding hydrogens is 402 g/mol. The van der Waals surface area contributed by atoms with Crippen molar-refractivity contribution in [2.75, 3.05) is 31.5 Å². The van der Waals surface area contributed by atoms with Crippen LogP contribution in [0.3, 0.4) is 0 Å². The highest BCUT2D eigenvalue weighted by Gasteiger charge is 2.30. The molecule has 1 N–H and O–H groups in total. The molecule has 1 saturated heterocycles. The van der Waals surface area contributed by atoms with E-state index in [0.717, 1.165) is 0 Å². The Balaban J connectivity index is 1.67. The summed E-state index contributed by atoms with van der Waals surface area (Å²) in [6.07, 6.45) is 0. The summed E-state index contributed by atoms with van der Waals surface area (Å²) in [5.41, 5.74) is 0.988. The minimum atomic E-state index is -3.62. The van der Waals surface area contributed by atoms with Crippen LogP contribution in [-0.4, -0.2) is 55.6 Å². The van der Waals surface area contributed by atoms with Gasteiger partial charge in [-0.25, -0.2) is 8.42 Å². The zero-order valence-electron chi connectivity index (χ0n) is 15.3. The lowest BCUT2D eigenvalue weighted by molar-refractivity contribution is -0.114. The lowest BCUT2D eigenvalue weighted by atomic mass is 10.1. The molecule has 9 heteroatoms. The lowest BCUT2D eigenvalue weighted by Gasteiger charge is -2.34. The van der Waals surface area contributed by atoms with Crippen molar-refractivity contribution < 1.29 is 18.0 Å². The monoisotopic (exact) mass is 421 g/mol. The van der Waals surface area contributed by atoms with Crippen LogP contribution < -0.4 is 5.32 Å². The van der Waals surface area contributed by atoms with Gasteiger partial charge in [0, 0.05) is 49.4 Å². The topological polar surface area (TPSA) is 86.8 Å². The zero-order valence-corrected chi connectivity index (χ0v) is 16.8. The van der Waals surface area contributed by atoms with Crippen LogP contribution in [0, 0.1) is 0 Å². The molecule has 148 valence electrons. The van der Waals surface area contributed by atoms with Crippen LogP contribution in [0.2, 0.25) is 5.02 Å². The second-order valence-electron chi connectivity index (χ2n) is 6.41. The van der Waals surface area contributed by atoms with Gasteiger partial charge >= 0.3 is 0 Å². The summed E-state index contributed by atoms with van der Waals surface area (Å²) in [7, 11) is -3.62. The fourth-order valence-electron chi connectivity index (χ4n) is 3.00. The molecule has 1 aliphatic rings. The number of hydrogen-bond donors (Lipinski definition) is 1. The molecule has 28 heavy (non-hydrogen) atoms. The van der Waals surface area contributed by atoms with E-state index in [4.69, 9.17) is 11.6 Å². The summed E-state index contributed by atoms with van der Waals surface area (Å²) in [6, 6.07) is 12.7. The summed E-state index contributed by atoms with van der Waals surface area (Å²) in [5, 5.41) is 3.11. The molecule has 1 heterocycles. The molecular formula is C19H20ClN3O4S. The normalized spacial score (nSPS) is 15.3.